The minimum atomic E-state index is 0.461. The third-order valence-corrected chi connectivity index (χ3v) is 3.60. The molecule has 0 radical (unpaired) electrons. The second-order valence-corrected chi connectivity index (χ2v) is 5.07. The van der Waals surface area contributed by atoms with Gasteiger partial charge in [-0.05, 0) is 37.4 Å². The van der Waals surface area contributed by atoms with E-state index >= 15 is 0 Å². The summed E-state index contributed by atoms with van der Waals surface area (Å²) in [7, 11) is 1.76. The molecule has 0 fully saturated rings. The van der Waals surface area contributed by atoms with E-state index in [-0.39, 0.29) is 0 Å². The monoisotopic (exact) mass is 248 g/mol. The topological polar surface area (TPSA) is 33.3 Å². The van der Waals surface area contributed by atoms with Crippen LogP contribution in [0.15, 0.2) is 24.3 Å². The summed E-state index contributed by atoms with van der Waals surface area (Å²) in [5.41, 5.74) is 2.87. The van der Waals surface area contributed by atoms with Crippen LogP contribution in [0.4, 0.5) is 0 Å². The van der Waals surface area contributed by atoms with Gasteiger partial charge < -0.3 is 15.4 Å². The van der Waals surface area contributed by atoms with Crippen molar-refractivity contribution in [2.75, 3.05) is 20.3 Å². The largest absolute Gasteiger partial charge is 0.385 e. The molecule has 2 rings (SSSR count). The van der Waals surface area contributed by atoms with Gasteiger partial charge in [-0.1, -0.05) is 24.3 Å². The van der Waals surface area contributed by atoms with Crippen LogP contribution in [0, 0.1) is 0 Å². The van der Waals surface area contributed by atoms with Gasteiger partial charge in [0, 0.05) is 32.3 Å². The third kappa shape index (κ3) is 3.55. The Bertz CT molecular complexity index is 367. The second kappa shape index (κ2) is 6.88. The summed E-state index contributed by atoms with van der Waals surface area (Å²) in [5.74, 6) is 0. The molecule has 0 spiro atoms. The summed E-state index contributed by atoms with van der Waals surface area (Å²) in [6.07, 6.45) is 2.21. The third-order valence-electron chi connectivity index (χ3n) is 3.60. The van der Waals surface area contributed by atoms with Gasteiger partial charge in [0.25, 0.3) is 0 Å². The maximum absolute atomic E-state index is 5.14. The number of benzene rings is 1. The lowest BCUT2D eigenvalue weighted by atomic mass is 9.98. The molecule has 1 aromatic rings. The minimum absolute atomic E-state index is 0.461. The van der Waals surface area contributed by atoms with E-state index in [0.29, 0.717) is 12.1 Å². The molecule has 2 atom stereocenters. The molecule has 2 unspecified atom stereocenters. The average Bonchev–Trinajstić information content (AvgIpc) is 2.59. The van der Waals surface area contributed by atoms with Crippen LogP contribution in [-0.4, -0.2) is 26.3 Å². The molecular weight excluding hydrogens is 224 g/mol. The van der Waals surface area contributed by atoms with E-state index in [1.54, 1.807) is 7.11 Å². The van der Waals surface area contributed by atoms with Crippen LogP contribution in [0.1, 0.15) is 36.9 Å². The van der Waals surface area contributed by atoms with Crippen LogP contribution in [0.3, 0.4) is 0 Å². The molecule has 1 aromatic carbocycles. The van der Waals surface area contributed by atoms with Crippen LogP contribution < -0.4 is 10.6 Å². The van der Waals surface area contributed by atoms with Gasteiger partial charge in [0.05, 0.1) is 0 Å². The minimum Gasteiger partial charge on any atom is -0.385 e. The molecule has 1 heterocycles. The lowest BCUT2D eigenvalue weighted by molar-refractivity contribution is 0.182. The predicted molar refractivity (Wildman–Crippen MR) is 74.6 cm³/mol. The van der Waals surface area contributed by atoms with E-state index in [2.05, 4.69) is 41.8 Å². The van der Waals surface area contributed by atoms with Gasteiger partial charge in [-0.25, -0.2) is 0 Å². The molecule has 100 valence electrons. The van der Waals surface area contributed by atoms with Crippen molar-refractivity contribution >= 4 is 0 Å². The SMILES string of the molecule is COCCC(C)NC1CCNCc2ccccc21. The Hall–Kier alpha value is -0.900. The first-order valence-corrected chi connectivity index (χ1v) is 6.84. The van der Waals surface area contributed by atoms with E-state index in [4.69, 9.17) is 4.74 Å². The summed E-state index contributed by atoms with van der Waals surface area (Å²) in [6, 6.07) is 9.69. The fourth-order valence-electron chi connectivity index (χ4n) is 2.55. The van der Waals surface area contributed by atoms with Crippen molar-refractivity contribution in [1.82, 2.24) is 10.6 Å². The maximum atomic E-state index is 5.14. The molecule has 2 N–H and O–H groups in total. The van der Waals surface area contributed by atoms with Gasteiger partial charge >= 0.3 is 0 Å². The highest BCUT2D eigenvalue weighted by Crippen LogP contribution is 2.24. The summed E-state index contributed by atoms with van der Waals surface area (Å²) in [6.45, 7) is 5.12. The highest BCUT2D eigenvalue weighted by molar-refractivity contribution is 5.31. The summed E-state index contributed by atoms with van der Waals surface area (Å²) in [4.78, 5) is 0. The molecular formula is C15H24N2O. The molecule has 3 heteroatoms. The Morgan fingerprint density at radius 2 is 2.28 bits per heavy atom. The molecule has 0 amide bonds. The van der Waals surface area contributed by atoms with Crippen LogP contribution >= 0.6 is 0 Å². The summed E-state index contributed by atoms with van der Waals surface area (Å²) >= 11 is 0. The predicted octanol–water partition coefficient (Wildman–Crippen LogP) is 2.24. The van der Waals surface area contributed by atoms with E-state index in [0.717, 1.165) is 32.5 Å². The molecule has 1 aliphatic heterocycles. The fourth-order valence-corrected chi connectivity index (χ4v) is 2.55. The van der Waals surface area contributed by atoms with E-state index < -0.39 is 0 Å². The summed E-state index contributed by atoms with van der Waals surface area (Å²) in [5, 5.41) is 7.21. The number of fused-ring (bicyclic) bond motifs is 1. The van der Waals surface area contributed by atoms with Gasteiger partial charge in [0.15, 0.2) is 0 Å². The van der Waals surface area contributed by atoms with Crippen LogP contribution in [0.5, 0.6) is 0 Å². The number of methoxy groups -OCH3 is 1. The number of rotatable bonds is 5. The van der Waals surface area contributed by atoms with E-state index in [1.807, 2.05) is 0 Å². The molecule has 0 saturated heterocycles. The quantitative estimate of drug-likeness (QED) is 0.838. The smallest absolute Gasteiger partial charge is 0.0476 e. The zero-order chi connectivity index (χ0) is 12.8. The van der Waals surface area contributed by atoms with Crippen molar-refractivity contribution < 1.29 is 4.74 Å². The molecule has 3 nitrogen and oxygen atoms in total. The zero-order valence-corrected chi connectivity index (χ0v) is 11.4. The van der Waals surface area contributed by atoms with Crippen LogP contribution in [0.2, 0.25) is 0 Å². The Morgan fingerprint density at radius 1 is 1.44 bits per heavy atom. The molecule has 0 aliphatic carbocycles. The molecule has 18 heavy (non-hydrogen) atoms. The number of hydrogen-bond donors (Lipinski definition) is 2. The molecule has 0 bridgehead atoms. The van der Waals surface area contributed by atoms with Gasteiger partial charge in [-0.15, -0.1) is 0 Å². The first kappa shape index (κ1) is 13.5. The van der Waals surface area contributed by atoms with Crippen molar-refractivity contribution in [3.8, 4) is 0 Å². The first-order chi connectivity index (χ1) is 8.81. The molecule has 0 saturated carbocycles. The zero-order valence-electron chi connectivity index (χ0n) is 11.4. The van der Waals surface area contributed by atoms with Crippen molar-refractivity contribution in [2.24, 2.45) is 0 Å². The van der Waals surface area contributed by atoms with Crippen molar-refractivity contribution in [1.29, 1.82) is 0 Å². The first-order valence-electron chi connectivity index (χ1n) is 6.84. The lowest BCUT2D eigenvalue weighted by Crippen LogP contribution is -2.32. The van der Waals surface area contributed by atoms with E-state index in [1.165, 1.54) is 11.1 Å². The Balaban J connectivity index is 2.03. The summed E-state index contributed by atoms with van der Waals surface area (Å²) < 4.78 is 5.14. The Labute approximate surface area is 110 Å². The number of nitrogens with one attached hydrogen (secondary N) is 2. The number of hydrogen-bond acceptors (Lipinski definition) is 3. The van der Waals surface area contributed by atoms with Gasteiger partial charge in [0.2, 0.25) is 0 Å². The van der Waals surface area contributed by atoms with Gasteiger partial charge in [0.1, 0.15) is 0 Å². The van der Waals surface area contributed by atoms with Gasteiger partial charge in [-0.3, -0.25) is 0 Å². The van der Waals surface area contributed by atoms with Crippen molar-refractivity contribution in [3.63, 3.8) is 0 Å². The highest BCUT2D eigenvalue weighted by Gasteiger charge is 2.19. The molecule has 0 aromatic heterocycles. The lowest BCUT2D eigenvalue weighted by Gasteiger charge is -2.23. The Kier molecular flexibility index (Phi) is 5.17. The Morgan fingerprint density at radius 3 is 3.11 bits per heavy atom. The standard InChI is InChI=1S/C15H24N2O/c1-12(8-10-18-2)17-15-7-9-16-11-13-5-3-4-6-14(13)15/h3-6,12,15-17H,7-11H2,1-2H3. The second-order valence-electron chi connectivity index (χ2n) is 5.07. The maximum Gasteiger partial charge on any atom is 0.0476 e. The fraction of sp³-hybridized carbons (Fsp3) is 0.600. The highest BCUT2D eigenvalue weighted by atomic mass is 16.5. The van der Waals surface area contributed by atoms with Crippen molar-refractivity contribution in [3.05, 3.63) is 35.4 Å². The van der Waals surface area contributed by atoms with Crippen molar-refractivity contribution in [2.45, 2.75) is 38.4 Å². The average molecular weight is 248 g/mol. The number of ether oxygens (including phenoxy) is 1. The normalized spacial score (nSPS) is 21.1. The molecule has 1 aliphatic rings. The van der Waals surface area contributed by atoms with Gasteiger partial charge in [-0.2, -0.15) is 0 Å². The van der Waals surface area contributed by atoms with E-state index in [9.17, 15) is 0 Å². The van der Waals surface area contributed by atoms with Crippen LogP contribution in [-0.2, 0) is 11.3 Å². The van der Waals surface area contributed by atoms with Crippen LogP contribution in [0.25, 0.3) is 0 Å².